The van der Waals surface area contributed by atoms with Gasteiger partial charge in [0.15, 0.2) is 17.5 Å². The summed E-state index contributed by atoms with van der Waals surface area (Å²) in [4.78, 5) is 14.9. The van der Waals surface area contributed by atoms with Crippen molar-refractivity contribution in [2.75, 3.05) is 0 Å². The summed E-state index contributed by atoms with van der Waals surface area (Å²) in [5, 5.41) is 6.82. The second kappa shape index (κ2) is 12.6. The monoisotopic (exact) mass is 747 g/mol. The molecule has 5 nitrogen and oxygen atoms in total. The van der Waals surface area contributed by atoms with Gasteiger partial charge in [0.05, 0.1) is 5.56 Å². The fourth-order valence-corrected chi connectivity index (χ4v) is 9.61. The smallest absolute Gasteiger partial charge is 0.167 e. The molecule has 0 aliphatic rings. The number of thiophene rings is 1. The molecule has 0 radical (unpaired) electrons. The Hall–Kier alpha value is -7.41. The average molecular weight is 748 g/mol. The molecule has 12 aromatic rings. The largest absolute Gasteiger partial charge is 0.456 e. The third-order valence-electron chi connectivity index (χ3n) is 11.0. The maximum atomic E-state index is 6.69. The number of benzene rings is 8. The molecule has 0 spiro atoms. The summed E-state index contributed by atoms with van der Waals surface area (Å²) in [6, 6.07) is 60.9. The third-order valence-corrected chi connectivity index (χ3v) is 12.2. The van der Waals surface area contributed by atoms with Crippen LogP contribution in [-0.2, 0) is 0 Å². The Morgan fingerprint density at radius 3 is 1.75 bits per heavy atom. The van der Waals surface area contributed by atoms with Crippen molar-refractivity contribution < 1.29 is 8.83 Å². The van der Waals surface area contributed by atoms with Gasteiger partial charge >= 0.3 is 0 Å². The highest BCUT2D eigenvalue weighted by Gasteiger charge is 2.21. The molecule has 0 N–H and O–H groups in total. The Kier molecular flexibility index (Phi) is 7.03. The lowest BCUT2D eigenvalue weighted by Crippen LogP contribution is -2.00. The first-order valence-electron chi connectivity index (χ1n) is 18.9. The van der Waals surface area contributed by atoms with E-state index in [0.29, 0.717) is 17.5 Å². The van der Waals surface area contributed by atoms with Gasteiger partial charge in [-0.15, -0.1) is 11.3 Å². The van der Waals surface area contributed by atoms with E-state index in [-0.39, 0.29) is 0 Å². The summed E-state index contributed by atoms with van der Waals surface area (Å²) in [5.74, 6) is 1.79. The highest BCUT2D eigenvalue weighted by Crippen LogP contribution is 2.48. The van der Waals surface area contributed by atoms with E-state index in [1.165, 1.54) is 36.9 Å². The van der Waals surface area contributed by atoms with Crippen LogP contribution in [0.25, 0.3) is 120 Å². The van der Waals surface area contributed by atoms with Crippen LogP contribution >= 0.6 is 11.3 Å². The van der Waals surface area contributed by atoms with Crippen molar-refractivity contribution >= 4 is 75.4 Å². The van der Waals surface area contributed by atoms with Crippen LogP contribution in [0.3, 0.4) is 0 Å². The molecule has 0 atom stereocenters. The molecule has 57 heavy (non-hydrogen) atoms. The van der Waals surface area contributed by atoms with Gasteiger partial charge in [-0.1, -0.05) is 140 Å². The molecular formula is C51H29N3O2S. The summed E-state index contributed by atoms with van der Waals surface area (Å²) in [6.07, 6.45) is 0. The second-order valence-electron chi connectivity index (χ2n) is 14.3. The number of rotatable bonds is 5. The molecule has 0 saturated carbocycles. The van der Waals surface area contributed by atoms with Gasteiger partial charge in [0, 0.05) is 52.8 Å². The van der Waals surface area contributed by atoms with E-state index in [1.54, 1.807) is 0 Å². The van der Waals surface area contributed by atoms with Crippen molar-refractivity contribution in [2.45, 2.75) is 0 Å². The molecule has 0 aliphatic carbocycles. The first-order valence-corrected chi connectivity index (χ1v) is 19.7. The van der Waals surface area contributed by atoms with E-state index < -0.39 is 0 Å². The maximum Gasteiger partial charge on any atom is 0.167 e. The van der Waals surface area contributed by atoms with Gasteiger partial charge < -0.3 is 8.83 Å². The fourth-order valence-electron chi connectivity index (χ4n) is 8.35. The van der Waals surface area contributed by atoms with E-state index in [9.17, 15) is 0 Å². The molecule has 0 amide bonds. The summed E-state index contributed by atoms with van der Waals surface area (Å²) >= 11 is 1.84. The van der Waals surface area contributed by atoms with Crippen molar-refractivity contribution in [2.24, 2.45) is 0 Å². The molecule has 0 saturated heterocycles. The lowest BCUT2D eigenvalue weighted by atomic mass is 9.92. The Morgan fingerprint density at radius 2 is 0.947 bits per heavy atom. The molecule has 12 rings (SSSR count). The van der Waals surface area contributed by atoms with Crippen LogP contribution < -0.4 is 0 Å². The van der Waals surface area contributed by atoms with Crippen molar-refractivity contribution in [3.05, 3.63) is 176 Å². The molecule has 0 fully saturated rings. The van der Waals surface area contributed by atoms with Crippen molar-refractivity contribution in [1.29, 1.82) is 0 Å². The van der Waals surface area contributed by atoms with Gasteiger partial charge in [0.1, 0.15) is 22.3 Å². The molecule has 0 aliphatic heterocycles. The minimum absolute atomic E-state index is 0.565. The summed E-state index contributed by atoms with van der Waals surface area (Å²) in [6.45, 7) is 0. The Bertz CT molecular complexity index is 3470. The van der Waals surface area contributed by atoms with Crippen LogP contribution in [-0.4, -0.2) is 15.0 Å². The van der Waals surface area contributed by atoms with Crippen molar-refractivity contribution in [1.82, 2.24) is 15.0 Å². The van der Waals surface area contributed by atoms with Crippen molar-refractivity contribution in [3.8, 4) is 56.4 Å². The highest BCUT2D eigenvalue weighted by atomic mass is 32.1. The Balaban J connectivity index is 1.05. The fraction of sp³-hybridized carbons (Fsp3) is 0. The number of fused-ring (bicyclic) bond motifs is 9. The average Bonchev–Trinajstić information content (AvgIpc) is 3.98. The zero-order valence-electron chi connectivity index (χ0n) is 30.3. The molecule has 0 bridgehead atoms. The highest BCUT2D eigenvalue weighted by molar-refractivity contribution is 7.26. The standard InChI is InChI=1S/C51H29N3O2S/c1-3-13-30(14-4-1)49-52-50(31-15-5-2-6-16-31)54-51(53-49)39-21-11-20-36-40-29-32(25-28-42(40)56-47(36)39)33-26-27-35(46-38-18-8-10-24-44(38)57-48(33)46)34-19-12-23-43-45(34)37-17-7-9-22-41(37)55-43/h1-29H. The van der Waals surface area contributed by atoms with E-state index in [4.69, 9.17) is 23.8 Å². The van der Waals surface area contributed by atoms with Gasteiger partial charge in [-0.3, -0.25) is 0 Å². The van der Waals surface area contributed by atoms with Gasteiger partial charge in [-0.25, -0.2) is 15.0 Å². The first-order chi connectivity index (χ1) is 28.2. The van der Waals surface area contributed by atoms with Gasteiger partial charge in [-0.2, -0.15) is 0 Å². The van der Waals surface area contributed by atoms with Crippen LogP contribution in [0.5, 0.6) is 0 Å². The number of furan rings is 2. The number of hydrogen-bond donors (Lipinski definition) is 0. The maximum absolute atomic E-state index is 6.69. The topological polar surface area (TPSA) is 65.0 Å². The van der Waals surface area contributed by atoms with Crippen LogP contribution in [0.4, 0.5) is 0 Å². The number of hydrogen-bond acceptors (Lipinski definition) is 6. The third kappa shape index (κ3) is 5.04. The van der Waals surface area contributed by atoms with Gasteiger partial charge in [0.25, 0.3) is 0 Å². The minimum Gasteiger partial charge on any atom is -0.456 e. The predicted molar refractivity (Wildman–Crippen MR) is 234 cm³/mol. The predicted octanol–water partition coefficient (Wildman–Crippen LogP) is 14.4. The van der Waals surface area contributed by atoms with Crippen LogP contribution in [0.15, 0.2) is 185 Å². The molecule has 266 valence electrons. The van der Waals surface area contributed by atoms with E-state index in [0.717, 1.165) is 66.1 Å². The van der Waals surface area contributed by atoms with E-state index in [1.807, 2.05) is 90.2 Å². The van der Waals surface area contributed by atoms with Crippen molar-refractivity contribution in [3.63, 3.8) is 0 Å². The molecule has 8 aromatic carbocycles. The van der Waals surface area contributed by atoms with Crippen LogP contribution in [0, 0.1) is 0 Å². The Labute approximate surface area is 330 Å². The van der Waals surface area contributed by atoms with Gasteiger partial charge in [-0.05, 0) is 58.7 Å². The zero-order valence-corrected chi connectivity index (χ0v) is 31.1. The second-order valence-corrected chi connectivity index (χ2v) is 15.3. The lowest BCUT2D eigenvalue weighted by Gasteiger charge is -2.11. The summed E-state index contributed by atoms with van der Waals surface area (Å²) < 4.78 is 15.5. The number of nitrogens with zero attached hydrogens (tertiary/aromatic N) is 3. The lowest BCUT2D eigenvalue weighted by molar-refractivity contribution is 0.669. The first kappa shape index (κ1) is 31.9. The molecular weight excluding hydrogens is 719 g/mol. The zero-order chi connectivity index (χ0) is 37.5. The van der Waals surface area contributed by atoms with E-state index >= 15 is 0 Å². The van der Waals surface area contributed by atoms with E-state index in [2.05, 4.69) is 97.1 Å². The quantitative estimate of drug-likeness (QED) is 0.175. The van der Waals surface area contributed by atoms with Gasteiger partial charge in [0.2, 0.25) is 0 Å². The molecule has 0 unspecified atom stereocenters. The normalized spacial score (nSPS) is 11.9. The summed E-state index contributed by atoms with van der Waals surface area (Å²) in [5.41, 5.74) is 10.7. The SMILES string of the molecule is c1ccc(-c2nc(-c3ccccc3)nc(-c3cccc4c3oc3ccc(-c5ccc(-c6cccc7oc8ccccc8c67)c6c5sc5ccccc56)cc34)n2)cc1. The van der Waals surface area contributed by atoms with Crippen LogP contribution in [0.2, 0.25) is 0 Å². The minimum atomic E-state index is 0.565. The Morgan fingerprint density at radius 1 is 0.351 bits per heavy atom. The molecule has 4 heterocycles. The number of aromatic nitrogens is 3. The molecule has 4 aromatic heterocycles. The number of para-hydroxylation sites is 2. The van der Waals surface area contributed by atoms with Crippen LogP contribution in [0.1, 0.15) is 0 Å². The summed E-state index contributed by atoms with van der Waals surface area (Å²) in [7, 11) is 0. The molecule has 6 heteroatoms.